The Bertz CT molecular complexity index is 369. The number of nitrogens with zero attached hydrogens (tertiary/aromatic N) is 1. The molecule has 1 aliphatic carbocycles. The number of hydrogen-bond acceptors (Lipinski definition) is 2. The van der Waals surface area contributed by atoms with Crippen LogP contribution in [-0.4, -0.2) is 34.8 Å². The number of piperazine rings is 1. The average Bonchev–Trinajstić information content (AvgIpc) is 2.79. The minimum atomic E-state index is -0.329. The van der Waals surface area contributed by atoms with Gasteiger partial charge in [0, 0.05) is 6.04 Å². The normalized spacial score (nSPS) is 37.4. The van der Waals surface area contributed by atoms with Gasteiger partial charge in [0.25, 0.3) is 0 Å². The first kappa shape index (κ1) is 14.4. The Kier molecular flexibility index (Phi) is 4.16. The van der Waals surface area contributed by atoms with Crippen LogP contribution in [0.25, 0.3) is 0 Å². The van der Waals surface area contributed by atoms with Crippen molar-refractivity contribution in [2.75, 3.05) is 0 Å². The summed E-state index contributed by atoms with van der Waals surface area (Å²) in [6.07, 6.45) is 4.14. The largest absolute Gasteiger partial charge is 0.342 e. The lowest BCUT2D eigenvalue weighted by Gasteiger charge is -2.42. The van der Waals surface area contributed by atoms with E-state index in [-0.39, 0.29) is 35.9 Å². The van der Waals surface area contributed by atoms with Gasteiger partial charge >= 0.3 is 0 Å². The summed E-state index contributed by atoms with van der Waals surface area (Å²) in [7, 11) is 0. The van der Waals surface area contributed by atoms with E-state index in [1.165, 1.54) is 0 Å². The van der Waals surface area contributed by atoms with Gasteiger partial charge in [-0.1, -0.05) is 27.2 Å². The van der Waals surface area contributed by atoms with E-state index in [9.17, 15) is 9.59 Å². The van der Waals surface area contributed by atoms with E-state index in [1.54, 1.807) is 0 Å². The maximum Gasteiger partial charge on any atom is 0.246 e. The zero-order valence-electron chi connectivity index (χ0n) is 12.5. The fraction of sp³-hybridized carbons (Fsp3) is 0.867. The van der Waals surface area contributed by atoms with E-state index >= 15 is 0 Å². The molecular formula is C15H26N2O2. The van der Waals surface area contributed by atoms with Gasteiger partial charge in [0.05, 0.1) is 0 Å². The van der Waals surface area contributed by atoms with Crippen molar-refractivity contribution in [3.05, 3.63) is 0 Å². The molecule has 2 aliphatic rings. The van der Waals surface area contributed by atoms with Crippen LogP contribution in [0.4, 0.5) is 0 Å². The smallest absolute Gasteiger partial charge is 0.246 e. The highest BCUT2D eigenvalue weighted by Gasteiger charge is 2.44. The monoisotopic (exact) mass is 266 g/mol. The summed E-state index contributed by atoms with van der Waals surface area (Å²) in [5, 5.41) is 2.90. The maximum absolute atomic E-state index is 12.7. The number of nitrogens with one attached hydrogen (secondary N) is 1. The Labute approximate surface area is 115 Å². The minimum absolute atomic E-state index is 0.00412. The number of amides is 2. The van der Waals surface area contributed by atoms with Crippen LogP contribution in [0.3, 0.4) is 0 Å². The van der Waals surface area contributed by atoms with Crippen molar-refractivity contribution in [2.24, 2.45) is 11.8 Å². The molecule has 0 aromatic carbocycles. The molecule has 0 aromatic rings. The molecule has 1 aliphatic heterocycles. The molecule has 2 amide bonds. The van der Waals surface area contributed by atoms with Crippen LogP contribution in [-0.2, 0) is 9.59 Å². The number of rotatable bonds is 3. The average molecular weight is 266 g/mol. The second-order valence-electron chi connectivity index (χ2n) is 6.37. The lowest BCUT2D eigenvalue weighted by atomic mass is 9.93. The van der Waals surface area contributed by atoms with E-state index < -0.39 is 0 Å². The summed E-state index contributed by atoms with van der Waals surface area (Å²) in [6.45, 7) is 8.17. The second-order valence-corrected chi connectivity index (χ2v) is 6.37. The lowest BCUT2D eigenvalue weighted by Crippen LogP contribution is -2.66. The van der Waals surface area contributed by atoms with Gasteiger partial charge in [0.2, 0.25) is 11.8 Å². The first-order chi connectivity index (χ1) is 8.95. The van der Waals surface area contributed by atoms with Crippen molar-refractivity contribution in [1.29, 1.82) is 0 Å². The van der Waals surface area contributed by atoms with Crippen LogP contribution in [0, 0.1) is 11.8 Å². The molecule has 1 N–H and O–H groups in total. The second kappa shape index (κ2) is 5.51. The zero-order valence-corrected chi connectivity index (χ0v) is 12.5. The summed E-state index contributed by atoms with van der Waals surface area (Å²) < 4.78 is 0. The van der Waals surface area contributed by atoms with Gasteiger partial charge in [-0.2, -0.15) is 0 Å². The van der Waals surface area contributed by atoms with E-state index in [4.69, 9.17) is 0 Å². The molecule has 1 saturated heterocycles. The summed E-state index contributed by atoms with van der Waals surface area (Å²) >= 11 is 0. The van der Waals surface area contributed by atoms with Crippen LogP contribution >= 0.6 is 0 Å². The SMILES string of the molecule is CCC(C)C1NC(=O)C(C)N(C2CCC(C)C2)C1=O. The highest BCUT2D eigenvalue weighted by atomic mass is 16.2. The Hall–Kier alpha value is -1.06. The van der Waals surface area contributed by atoms with Crippen molar-refractivity contribution < 1.29 is 9.59 Å². The Morgan fingerprint density at radius 1 is 1.32 bits per heavy atom. The molecule has 5 unspecified atom stereocenters. The summed E-state index contributed by atoms with van der Waals surface area (Å²) in [6, 6.07) is -0.386. The topological polar surface area (TPSA) is 49.4 Å². The quantitative estimate of drug-likeness (QED) is 0.848. The summed E-state index contributed by atoms with van der Waals surface area (Å²) in [5.41, 5.74) is 0. The van der Waals surface area contributed by atoms with Crippen molar-refractivity contribution in [3.8, 4) is 0 Å². The van der Waals surface area contributed by atoms with E-state index in [0.717, 1.165) is 25.7 Å². The molecule has 4 heteroatoms. The standard InChI is InChI=1S/C15H26N2O2/c1-5-10(3)13-15(19)17(11(4)14(18)16-13)12-7-6-9(2)8-12/h9-13H,5-8H2,1-4H3,(H,16,18). The van der Waals surface area contributed by atoms with Crippen LogP contribution in [0.5, 0.6) is 0 Å². The van der Waals surface area contributed by atoms with Gasteiger partial charge in [0.15, 0.2) is 0 Å². The fourth-order valence-corrected chi connectivity index (χ4v) is 3.36. The Morgan fingerprint density at radius 3 is 2.53 bits per heavy atom. The van der Waals surface area contributed by atoms with Crippen LogP contribution < -0.4 is 5.32 Å². The van der Waals surface area contributed by atoms with Crippen LogP contribution in [0.15, 0.2) is 0 Å². The van der Waals surface area contributed by atoms with E-state index in [0.29, 0.717) is 5.92 Å². The van der Waals surface area contributed by atoms with Crippen molar-refractivity contribution in [3.63, 3.8) is 0 Å². The first-order valence-corrected chi connectivity index (χ1v) is 7.58. The molecule has 108 valence electrons. The van der Waals surface area contributed by atoms with Gasteiger partial charge in [-0.3, -0.25) is 9.59 Å². The van der Waals surface area contributed by atoms with Crippen LogP contribution in [0.2, 0.25) is 0 Å². The fourth-order valence-electron chi connectivity index (χ4n) is 3.36. The zero-order chi connectivity index (χ0) is 14.2. The first-order valence-electron chi connectivity index (χ1n) is 7.58. The number of carbonyl (C=O) groups is 2. The third-order valence-electron chi connectivity index (χ3n) is 4.89. The summed E-state index contributed by atoms with van der Waals surface area (Å²) in [4.78, 5) is 26.7. The molecule has 1 heterocycles. The highest BCUT2D eigenvalue weighted by Crippen LogP contribution is 2.32. The molecule has 1 saturated carbocycles. The van der Waals surface area contributed by atoms with Gasteiger partial charge in [-0.25, -0.2) is 0 Å². The van der Waals surface area contributed by atoms with Gasteiger partial charge in [-0.15, -0.1) is 0 Å². The predicted molar refractivity (Wildman–Crippen MR) is 74.5 cm³/mol. The third-order valence-corrected chi connectivity index (χ3v) is 4.89. The Balaban J connectivity index is 2.19. The lowest BCUT2D eigenvalue weighted by molar-refractivity contribution is -0.152. The predicted octanol–water partition coefficient (Wildman–Crippen LogP) is 1.94. The van der Waals surface area contributed by atoms with Gasteiger partial charge in [0.1, 0.15) is 12.1 Å². The van der Waals surface area contributed by atoms with E-state index in [2.05, 4.69) is 19.2 Å². The molecule has 2 fully saturated rings. The molecule has 0 aromatic heterocycles. The van der Waals surface area contributed by atoms with Crippen molar-refractivity contribution >= 4 is 11.8 Å². The van der Waals surface area contributed by atoms with E-state index in [1.807, 2.05) is 18.7 Å². The van der Waals surface area contributed by atoms with Crippen molar-refractivity contribution in [1.82, 2.24) is 10.2 Å². The molecule has 5 atom stereocenters. The molecule has 0 bridgehead atoms. The van der Waals surface area contributed by atoms with Crippen LogP contribution in [0.1, 0.15) is 53.4 Å². The molecule has 0 spiro atoms. The molecule has 19 heavy (non-hydrogen) atoms. The van der Waals surface area contributed by atoms with Gasteiger partial charge in [-0.05, 0) is 38.0 Å². The molecule has 2 rings (SSSR count). The Morgan fingerprint density at radius 2 is 2.00 bits per heavy atom. The summed E-state index contributed by atoms with van der Waals surface area (Å²) in [5.74, 6) is 0.993. The van der Waals surface area contributed by atoms with Crippen molar-refractivity contribution in [2.45, 2.75) is 71.5 Å². The molecule has 0 radical (unpaired) electrons. The van der Waals surface area contributed by atoms with Gasteiger partial charge < -0.3 is 10.2 Å². The number of hydrogen-bond donors (Lipinski definition) is 1. The molecule has 4 nitrogen and oxygen atoms in total. The third kappa shape index (κ3) is 2.63. The maximum atomic E-state index is 12.7. The minimum Gasteiger partial charge on any atom is -0.342 e. The highest BCUT2D eigenvalue weighted by molar-refractivity contribution is 5.97. The number of carbonyl (C=O) groups excluding carboxylic acids is 2. The molecular weight excluding hydrogens is 240 g/mol.